The summed E-state index contributed by atoms with van der Waals surface area (Å²) in [4.78, 5) is 22.1. The summed E-state index contributed by atoms with van der Waals surface area (Å²) in [6.07, 6.45) is -2.92. The summed E-state index contributed by atoms with van der Waals surface area (Å²) in [5, 5.41) is 36.3. The van der Waals surface area contributed by atoms with E-state index in [1.807, 2.05) is 0 Å². The zero-order valence-corrected chi connectivity index (χ0v) is 16.3. The highest BCUT2D eigenvalue weighted by atomic mass is 16.7. The van der Waals surface area contributed by atoms with Crippen LogP contribution in [-0.2, 0) is 33.3 Å². The number of esters is 1. The third-order valence-corrected chi connectivity index (χ3v) is 3.58. The molecule has 0 aromatic rings. The van der Waals surface area contributed by atoms with Crippen molar-refractivity contribution in [2.45, 2.75) is 57.4 Å². The number of aliphatic hydroxyl groups is 3. The molecule has 0 aromatic heterocycles. The molecule has 166 valence electrons. The van der Waals surface area contributed by atoms with Crippen LogP contribution in [0.2, 0.25) is 0 Å². The number of carbonyl (C=O) groups is 2. The van der Waals surface area contributed by atoms with E-state index in [0.717, 1.165) is 0 Å². The third-order valence-electron chi connectivity index (χ3n) is 3.58. The Bertz CT molecular complexity index is 410. The lowest BCUT2D eigenvalue weighted by Crippen LogP contribution is -2.37. The largest absolute Gasteiger partial charge is 0.481 e. The molecule has 0 radical (unpaired) electrons. The van der Waals surface area contributed by atoms with Crippen LogP contribution in [0.3, 0.4) is 0 Å². The monoisotopic (exact) mass is 412 g/mol. The number of carboxylic acids is 1. The van der Waals surface area contributed by atoms with Crippen molar-refractivity contribution in [2.24, 2.45) is 0 Å². The summed E-state index contributed by atoms with van der Waals surface area (Å²) in [6.45, 7) is 0.259. The van der Waals surface area contributed by atoms with E-state index in [4.69, 9.17) is 33.9 Å². The average Bonchev–Trinajstić information content (AvgIpc) is 2.69. The Balaban J connectivity index is 4.60. The first kappa shape index (κ1) is 26.7. The lowest BCUT2D eigenvalue weighted by atomic mass is 10.2. The SMILES string of the molecule is CCC(CO)O[C@@H](COC(=O)CCCC(=O)O)OCC(CO)O[C@@H](CO)OC. The molecule has 0 fully saturated rings. The van der Waals surface area contributed by atoms with Gasteiger partial charge in [0.15, 0.2) is 12.6 Å². The van der Waals surface area contributed by atoms with E-state index in [9.17, 15) is 19.8 Å². The van der Waals surface area contributed by atoms with Gasteiger partial charge in [-0.2, -0.15) is 0 Å². The van der Waals surface area contributed by atoms with Crippen LogP contribution < -0.4 is 0 Å². The van der Waals surface area contributed by atoms with Gasteiger partial charge in [-0.15, -0.1) is 0 Å². The molecule has 0 heterocycles. The number of ether oxygens (including phenoxy) is 5. The van der Waals surface area contributed by atoms with Gasteiger partial charge in [-0.25, -0.2) is 0 Å². The highest BCUT2D eigenvalue weighted by Gasteiger charge is 2.22. The predicted molar refractivity (Wildman–Crippen MR) is 94.3 cm³/mol. The van der Waals surface area contributed by atoms with Crippen LogP contribution in [0.15, 0.2) is 0 Å². The number of carbonyl (C=O) groups excluding carboxylic acids is 1. The van der Waals surface area contributed by atoms with Crippen molar-refractivity contribution in [3.63, 3.8) is 0 Å². The van der Waals surface area contributed by atoms with Crippen LogP contribution in [0.5, 0.6) is 0 Å². The Morgan fingerprint density at radius 2 is 1.54 bits per heavy atom. The molecule has 0 saturated heterocycles. The molecule has 28 heavy (non-hydrogen) atoms. The van der Waals surface area contributed by atoms with Gasteiger partial charge in [-0.05, 0) is 12.8 Å². The van der Waals surface area contributed by atoms with Gasteiger partial charge in [0, 0.05) is 20.0 Å². The molecular weight excluding hydrogens is 380 g/mol. The van der Waals surface area contributed by atoms with E-state index in [2.05, 4.69) is 0 Å². The number of aliphatic hydroxyl groups excluding tert-OH is 3. The van der Waals surface area contributed by atoms with E-state index in [-0.39, 0.29) is 39.1 Å². The third kappa shape index (κ3) is 12.9. The molecule has 0 aliphatic rings. The zero-order valence-electron chi connectivity index (χ0n) is 16.3. The Kier molecular flexibility index (Phi) is 15.8. The summed E-state index contributed by atoms with van der Waals surface area (Å²) in [5.74, 6) is -1.61. The highest BCUT2D eigenvalue weighted by molar-refractivity contribution is 5.71. The fourth-order valence-corrected chi connectivity index (χ4v) is 1.96. The van der Waals surface area contributed by atoms with Gasteiger partial charge in [-0.3, -0.25) is 9.59 Å². The fourth-order valence-electron chi connectivity index (χ4n) is 1.96. The van der Waals surface area contributed by atoms with E-state index >= 15 is 0 Å². The van der Waals surface area contributed by atoms with E-state index in [0.29, 0.717) is 6.42 Å². The van der Waals surface area contributed by atoms with Crippen LogP contribution in [0.1, 0.15) is 32.6 Å². The Morgan fingerprint density at radius 3 is 2.04 bits per heavy atom. The lowest BCUT2D eigenvalue weighted by molar-refractivity contribution is -0.236. The van der Waals surface area contributed by atoms with Gasteiger partial charge in [0.25, 0.3) is 0 Å². The minimum absolute atomic E-state index is 0.0649. The second-order valence-corrected chi connectivity index (χ2v) is 5.83. The molecule has 4 atom stereocenters. The van der Waals surface area contributed by atoms with Crippen LogP contribution in [0.25, 0.3) is 0 Å². The minimum atomic E-state index is -1.03. The van der Waals surface area contributed by atoms with Crippen molar-refractivity contribution in [3.05, 3.63) is 0 Å². The van der Waals surface area contributed by atoms with Crippen LogP contribution in [-0.4, -0.2) is 97.3 Å². The van der Waals surface area contributed by atoms with Crippen LogP contribution in [0.4, 0.5) is 0 Å². The molecule has 0 aliphatic heterocycles. The van der Waals surface area contributed by atoms with Crippen molar-refractivity contribution >= 4 is 11.9 Å². The maximum atomic E-state index is 11.7. The Morgan fingerprint density at radius 1 is 0.893 bits per heavy atom. The van der Waals surface area contributed by atoms with Crippen molar-refractivity contribution in [2.75, 3.05) is 40.1 Å². The molecule has 4 N–H and O–H groups in total. The minimum Gasteiger partial charge on any atom is -0.481 e. The fraction of sp³-hybridized carbons (Fsp3) is 0.882. The number of hydrogen-bond donors (Lipinski definition) is 4. The molecule has 0 amide bonds. The van der Waals surface area contributed by atoms with Gasteiger partial charge in [0.1, 0.15) is 12.7 Å². The molecule has 0 bridgehead atoms. The van der Waals surface area contributed by atoms with Crippen molar-refractivity contribution < 1.29 is 53.7 Å². The van der Waals surface area contributed by atoms with E-state index < -0.39 is 49.9 Å². The molecule has 0 aromatic carbocycles. The van der Waals surface area contributed by atoms with Crippen LogP contribution >= 0.6 is 0 Å². The first-order valence-corrected chi connectivity index (χ1v) is 9.05. The highest BCUT2D eigenvalue weighted by Crippen LogP contribution is 2.09. The second-order valence-electron chi connectivity index (χ2n) is 5.83. The average molecular weight is 412 g/mol. The maximum Gasteiger partial charge on any atom is 0.305 e. The molecule has 0 aliphatic carbocycles. The normalized spacial score (nSPS) is 15.6. The topological polar surface area (TPSA) is 161 Å². The quantitative estimate of drug-likeness (QED) is 0.166. The lowest BCUT2D eigenvalue weighted by Gasteiger charge is -2.26. The number of methoxy groups -OCH3 is 1. The standard InChI is InChI=1S/C17H32O11/c1-3-12(7-18)27-17(11-25-15(23)6-4-5-14(21)22)26-10-13(8-19)28-16(9-20)24-2/h12-13,16-20H,3-11H2,1-2H3,(H,21,22)/t12?,13?,16-,17-/m0/s1. The molecule has 11 nitrogen and oxygen atoms in total. The summed E-state index contributed by atoms with van der Waals surface area (Å²) in [6, 6.07) is 0. The van der Waals surface area contributed by atoms with Crippen molar-refractivity contribution in [1.82, 2.24) is 0 Å². The number of hydrogen-bond acceptors (Lipinski definition) is 10. The molecule has 0 rings (SSSR count). The predicted octanol–water partition coefficient (Wildman–Crippen LogP) is -0.743. The first-order chi connectivity index (χ1) is 13.4. The number of aliphatic carboxylic acids is 1. The van der Waals surface area contributed by atoms with E-state index in [1.165, 1.54) is 7.11 Å². The van der Waals surface area contributed by atoms with Crippen LogP contribution in [0, 0.1) is 0 Å². The number of rotatable bonds is 18. The molecular formula is C17H32O11. The summed E-state index contributed by atoms with van der Waals surface area (Å²) < 4.78 is 26.2. The van der Waals surface area contributed by atoms with E-state index in [1.54, 1.807) is 6.92 Å². The summed E-state index contributed by atoms with van der Waals surface area (Å²) in [7, 11) is 1.33. The molecule has 0 spiro atoms. The second kappa shape index (κ2) is 16.6. The number of carboxylic acid groups (broad SMARTS) is 1. The molecule has 0 saturated carbocycles. The molecule has 2 unspecified atom stereocenters. The van der Waals surface area contributed by atoms with Gasteiger partial charge in [-0.1, -0.05) is 6.92 Å². The maximum absolute atomic E-state index is 11.7. The smallest absolute Gasteiger partial charge is 0.305 e. The Labute approximate surface area is 164 Å². The van der Waals surface area contributed by atoms with Crippen molar-refractivity contribution in [3.8, 4) is 0 Å². The molecule has 11 heteroatoms. The van der Waals surface area contributed by atoms with Crippen molar-refractivity contribution in [1.29, 1.82) is 0 Å². The van der Waals surface area contributed by atoms with Gasteiger partial charge < -0.3 is 44.1 Å². The Hall–Kier alpha value is -1.34. The summed E-state index contributed by atoms with van der Waals surface area (Å²) >= 11 is 0. The van der Waals surface area contributed by atoms with Gasteiger partial charge >= 0.3 is 11.9 Å². The summed E-state index contributed by atoms with van der Waals surface area (Å²) in [5.41, 5.74) is 0. The zero-order chi connectivity index (χ0) is 21.4. The van der Waals surface area contributed by atoms with Gasteiger partial charge in [0.2, 0.25) is 0 Å². The first-order valence-electron chi connectivity index (χ1n) is 9.05. The van der Waals surface area contributed by atoms with Gasteiger partial charge in [0.05, 0.1) is 32.5 Å².